The number of phenols is 1. The van der Waals surface area contributed by atoms with E-state index in [1.165, 1.54) is 37.3 Å². The molecule has 0 atom stereocenters. The molecule has 0 spiro atoms. The van der Waals surface area contributed by atoms with Gasteiger partial charge < -0.3 is 14.4 Å². The largest absolute Gasteiger partial charge is 0.508 e. The lowest BCUT2D eigenvalue weighted by Crippen LogP contribution is -3.11. The van der Waals surface area contributed by atoms with E-state index in [1.807, 2.05) is 13.0 Å². The number of nitrogens with one attached hydrogen (secondary N) is 1. The third-order valence-corrected chi connectivity index (χ3v) is 4.41. The second kappa shape index (κ2) is 5.90. The fourth-order valence-electron chi connectivity index (χ4n) is 3.23. The maximum atomic E-state index is 11.8. The Labute approximate surface area is 124 Å². The molecule has 1 fully saturated rings. The van der Waals surface area contributed by atoms with Crippen LogP contribution in [0.25, 0.3) is 11.0 Å². The third kappa shape index (κ3) is 2.95. The summed E-state index contributed by atoms with van der Waals surface area (Å²) in [6.45, 7) is 5.20. The predicted molar refractivity (Wildman–Crippen MR) is 81.8 cm³/mol. The van der Waals surface area contributed by atoms with Gasteiger partial charge in [0.05, 0.1) is 13.1 Å². The van der Waals surface area contributed by atoms with Crippen LogP contribution in [0.5, 0.6) is 5.75 Å². The molecule has 1 aliphatic heterocycles. The maximum absolute atomic E-state index is 11.8. The van der Waals surface area contributed by atoms with Gasteiger partial charge in [-0.15, -0.1) is 0 Å². The first-order chi connectivity index (χ1) is 10.2. The molecule has 0 aliphatic carbocycles. The highest BCUT2D eigenvalue weighted by atomic mass is 16.4. The normalized spacial score (nSPS) is 16.4. The van der Waals surface area contributed by atoms with E-state index in [-0.39, 0.29) is 11.4 Å². The lowest BCUT2D eigenvalue weighted by atomic mass is 10.0. The number of aromatic hydroxyl groups is 1. The molecule has 1 saturated heterocycles. The van der Waals surface area contributed by atoms with Crippen molar-refractivity contribution in [2.75, 3.05) is 13.1 Å². The van der Waals surface area contributed by atoms with Crippen LogP contribution in [0.1, 0.15) is 37.3 Å². The van der Waals surface area contributed by atoms with Crippen LogP contribution < -0.4 is 10.5 Å². The number of aryl methyl sites for hydroxylation is 1. The van der Waals surface area contributed by atoms with Gasteiger partial charge in [-0.3, -0.25) is 0 Å². The van der Waals surface area contributed by atoms with Crippen LogP contribution in [0.3, 0.4) is 0 Å². The lowest BCUT2D eigenvalue weighted by Gasteiger charge is -2.23. The number of rotatable bonds is 3. The van der Waals surface area contributed by atoms with Crippen molar-refractivity contribution in [2.24, 2.45) is 0 Å². The Morgan fingerprint density at radius 3 is 2.62 bits per heavy atom. The van der Waals surface area contributed by atoms with E-state index in [0.717, 1.165) is 29.5 Å². The number of fused-ring (bicyclic) bond motifs is 1. The molecule has 2 aromatic rings. The molecular formula is C17H22NO3+. The van der Waals surface area contributed by atoms with Crippen LogP contribution in [-0.4, -0.2) is 18.2 Å². The summed E-state index contributed by atoms with van der Waals surface area (Å²) in [6.07, 6.45) is 4.59. The second-order valence-corrected chi connectivity index (χ2v) is 5.91. The van der Waals surface area contributed by atoms with E-state index in [1.54, 1.807) is 12.1 Å². The Kier molecular flexibility index (Phi) is 3.97. The van der Waals surface area contributed by atoms with Gasteiger partial charge in [0.15, 0.2) is 0 Å². The molecule has 1 aromatic carbocycles. The Balaban J connectivity index is 2.05. The van der Waals surface area contributed by atoms with Crippen molar-refractivity contribution in [1.82, 2.24) is 0 Å². The number of hydrogen-bond donors (Lipinski definition) is 2. The molecule has 0 amide bonds. The lowest BCUT2D eigenvalue weighted by molar-refractivity contribution is -0.918. The molecular weight excluding hydrogens is 266 g/mol. The van der Waals surface area contributed by atoms with E-state index >= 15 is 0 Å². The zero-order chi connectivity index (χ0) is 14.8. The van der Waals surface area contributed by atoms with Gasteiger partial charge in [0.2, 0.25) is 0 Å². The Bertz CT molecular complexity index is 699. The molecule has 3 rings (SSSR count). The van der Waals surface area contributed by atoms with Crippen molar-refractivity contribution in [2.45, 2.75) is 39.2 Å². The summed E-state index contributed by atoms with van der Waals surface area (Å²) in [7, 11) is 0. The van der Waals surface area contributed by atoms with Crippen LogP contribution in [0, 0.1) is 0 Å². The van der Waals surface area contributed by atoms with E-state index in [2.05, 4.69) is 0 Å². The Morgan fingerprint density at radius 1 is 1.14 bits per heavy atom. The summed E-state index contributed by atoms with van der Waals surface area (Å²) < 4.78 is 5.25. The van der Waals surface area contributed by atoms with E-state index in [4.69, 9.17) is 4.42 Å². The van der Waals surface area contributed by atoms with E-state index in [0.29, 0.717) is 5.58 Å². The van der Waals surface area contributed by atoms with Gasteiger partial charge in [-0.05, 0) is 37.3 Å². The topological polar surface area (TPSA) is 54.9 Å². The molecule has 4 nitrogen and oxygen atoms in total. The van der Waals surface area contributed by atoms with Gasteiger partial charge in [0.1, 0.15) is 17.9 Å². The van der Waals surface area contributed by atoms with Gasteiger partial charge in [-0.2, -0.15) is 0 Å². The van der Waals surface area contributed by atoms with Crippen molar-refractivity contribution in [1.29, 1.82) is 0 Å². The molecule has 0 radical (unpaired) electrons. The predicted octanol–water partition coefficient (Wildman–Crippen LogP) is 1.63. The standard InChI is InChI=1S/C17H21NO3/c1-2-12-8-14-13(11-18-6-4-3-5-7-18)9-17(20)21-16(14)10-15(12)19/h8-10,19H,2-7,11H2,1H3/p+1. The number of benzene rings is 1. The van der Waals surface area contributed by atoms with E-state index < -0.39 is 0 Å². The fraction of sp³-hybridized carbons (Fsp3) is 0.471. The van der Waals surface area contributed by atoms with Crippen LogP contribution in [0.15, 0.2) is 27.4 Å². The molecule has 4 heteroatoms. The first-order valence-corrected chi connectivity index (χ1v) is 7.79. The van der Waals surface area contributed by atoms with Crippen molar-refractivity contribution < 1.29 is 14.4 Å². The van der Waals surface area contributed by atoms with Gasteiger partial charge in [-0.1, -0.05) is 6.92 Å². The molecule has 0 unspecified atom stereocenters. The highest BCUT2D eigenvalue weighted by Crippen LogP contribution is 2.26. The summed E-state index contributed by atoms with van der Waals surface area (Å²) in [6, 6.07) is 5.15. The van der Waals surface area contributed by atoms with Crippen molar-refractivity contribution in [3.05, 3.63) is 39.7 Å². The van der Waals surface area contributed by atoms with Crippen LogP contribution in [0.2, 0.25) is 0 Å². The molecule has 2 N–H and O–H groups in total. The second-order valence-electron chi connectivity index (χ2n) is 5.91. The minimum atomic E-state index is -0.336. The maximum Gasteiger partial charge on any atom is 0.336 e. The number of likely N-dealkylation sites (tertiary alicyclic amines) is 1. The van der Waals surface area contributed by atoms with Crippen molar-refractivity contribution in [3.8, 4) is 5.75 Å². The molecule has 0 bridgehead atoms. The molecule has 1 aliphatic rings. The first-order valence-electron chi connectivity index (χ1n) is 7.79. The van der Waals surface area contributed by atoms with Crippen molar-refractivity contribution >= 4 is 11.0 Å². The Morgan fingerprint density at radius 2 is 1.90 bits per heavy atom. The number of phenolic OH excluding ortho intramolecular Hbond substituents is 1. The van der Waals surface area contributed by atoms with Crippen LogP contribution in [-0.2, 0) is 13.0 Å². The summed E-state index contributed by atoms with van der Waals surface area (Å²) in [5, 5.41) is 10.9. The summed E-state index contributed by atoms with van der Waals surface area (Å²) in [5.74, 6) is 0.204. The summed E-state index contributed by atoms with van der Waals surface area (Å²) in [5.41, 5.74) is 2.08. The SMILES string of the molecule is CCc1cc2c(C[NH+]3CCCCC3)cc(=O)oc2cc1O. The first kappa shape index (κ1) is 14.1. The van der Waals surface area contributed by atoms with Crippen LogP contribution in [0.4, 0.5) is 0 Å². The number of piperidine rings is 1. The minimum absolute atomic E-state index is 0.204. The molecule has 112 valence electrons. The highest BCUT2D eigenvalue weighted by Gasteiger charge is 2.17. The molecule has 1 aromatic heterocycles. The quantitative estimate of drug-likeness (QED) is 0.844. The average Bonchev–Trinajstić information content (AvgIpc) is 2.47. The van der Waals surface area contributed by atoms with Gasteiger partial charge in [0.25, 0.3) is 0 Å². The highest BCUT2D eigenvalue weighted by molar-refractivity contribution is 5.82. The van der Waals surface area contributed by atoms with Gasteiger partial charge >= 0.3 is 5.63 Å². The third-order valence-electron chi connectivity index (χ3n) is 4.41. The molecule has 21 heavy (non-hydrogen) atoms. The Hall–Kier alpha value is -1.81. The number of hydrogen-bond acceptors (Lipinski definition) is 3. The monoisotopic (exact) mass is 288 g/mol. The zero-order valence-electron chi connectivity index (χ0n) is 12.4. The van der Waals surface area contributed by atoms with Gasteiger partial charge in [0, 0.05) is 23.1 Å². The molecule has 0 saturated carbocycles. The summed E-state index contributed by atoms with van der Waals surface area (Å²) >= 11 is 0. The van der Waals surface area contributed by atoms with Gasteiger partial charge in [-0.25, -0.2) is 4.79 Å². The molecule has 2 heterocycles. The smallest absolute Gasteiger partial charge is 0.336 e. The summed E-state index contributed by atoms with van der Waals surface area (Å²) in [4.78, 5) is 13.3. The number of quaternary nitrogens is 1. The zero-order valence-corrected chi connectivity index (χ0v) is 12.4. The van der Waals surface area contributed by atoms with E-state index in [9.17, 15) is 9.90 Å². The fourth-order valence-corrected chi connectivity index (χ4v) is 3.23. The average molecular weight is 288 g/mol. The minimum Gasteiger partial charge on any atom is -0.508 e. The van der Waals surface area contributed by atoms with Crippen LogP contribution >= 0.6 is 0 Å². The van der Waals surface area contributed by atoms with Crippen molar-refractivity contribution in [3.63, 3.8) is 0 Å².